The maximum absolute atomic E-state index is 2.39. The molecule has 1 aliphatic rings. The van der Waals surface area contributed by atoms with Gasteiger partial charge in [-0.1, -0.05) is 121 Å². The zero-order chi connectivity index (χ0) is 18.5. The van der Waals surface area contributed by atoms with Crippen molar-refractivity contribution in [1.82, 2.24) is 0 Å². The van der Waals surface area contributed by atoms with Gasteiger partial charge in [-0.15, -0.1) is 0 Å². The fraction of sp³-hybridized carbons (Fsp3) is 0.280. The van der Waals surface area contributed by atoms with Crippen LogP contribution in [-0.4, -0.2) is 11.3 Å². The van der Waals surface area contributed by atoms with Gasteiger partial charge in [0.25, 0.3) is 0 Å². The minimum absolute atomic E-state index is 0. The molecule has 0 spiro atoms. The molecule has 1 aliphatic carbocycles. The molecule has 6 heteroatoms. The number of hydrogen-bond donors (Lipinski definition) is 0. The second kappa shape index (κ2) is 17.6. The van der Waals surface area contributed by atoms with Crippen molar-refractivity contribution in [1.29, 1.82) is 0 Å². The van der Waals surface area contributed by atoms with Crippen LogP contribution in [0.1, 0.15) is 38.8 Å². The first-order valence-electron chi connectivity index (χ1n) is 9.58. The van der Waals surface area contributed by atoms with E-state index < -0.39 is 0 Å². The predicted molar refractivity (Wildman–Crippen MR) is 119 cm³/mol. The molecule has 0 N–H and O–H groups in total. The summed E-state index contributed by atoms with van der Waals surface area (Å²) in [7, 11) is -0.286. The Hall–Kier alpha value is 0.133. The van der Waals surface area contributed by atoms with Crippen molar-refractivity contribution in [3.8, 4) is 0 Å². The Kier molecular flexibility index (Phi) is 20.3. The third-order valence-corrected chi connectivity index (χ3v) is 8.08. The number of rotatable bonds is 6. The zero-order valence-electron chi connectivity index (χ0n) is 18.3. The summed E-state index contributed by atoms with van der Waals surface area (Å²) in [6.07, 6.45) is 9.03. The fourth-order valence-electron chi connectivity index (χ4n) is 3.88. The molecule has 0 bridgehead atoms. The van der Waals surface area contributed by atoms with E-state index in [2.05, 4.69) is 113 Å². The summed E-state index contributed by atoms with van der Waals surface area (Å²) < 4.78 is 0. The molecule has 0 unspecified atom stereocenters. The van der Waals surface area contributed by atoms with Crippen molar-refractivity contribution in [3.05, 3.63) is 96.1 Å². The van der Waals surface area contributed by atoms with Gasteiger partial charge in [-0.2, -0.15) is 0 Å². The van der Waals surface area contributed by atoms with Gasteiger partial charge in [0.2, 0.25) is 0 Å². The van der Waals surface area contributed by atoms with Gasteiger partial charge in [0, 0.05) is 5.92 Å². The summed E-state index contributed by atoms with van der Waals surface area (Å²) in [4.78, 5) is 0. The molecule has 2 aromatic rings. The van der Waals surface area contributed by atoms with Gasteiger partial charge in [0.1, 0.15) is 0 Å². The molecule has 0 saturated heterocycles. The first-order valence-corrected chi connectivity index (χ1v) is 11.1. The molecule has 0 aliphatic heterocycles. The molecule has 2 aromatic carbocycles. The first-order chi connectivity index (χ1) is 12.6. The molecule has 166 valence electrons. The molecular weight excluding hydrogens is 564 g/mol. The average Bonchev–Trinajstić information content (AvgIpc) is 3.16. The molecule has 0 radical (unpaired) electrons. The van der Waals surface area contributed by atoms with Crippen LogP contribution in [0.4, 0.5) is 0 Å². The van der Waals surface area contributed by atoms with Gasteiger partial charge in [-0.05, 0) is 33.3 Å². The van der Waals surface area contributed by atoms with Crippen LogP contribution < -0.4 is 49.6 Å². The third-order valence-electron chi connectivity index (χ3n) is 4.84. The van der Waals surface area contributed by atoms with E-state index in [-0.39, 0.29) is 83.8 Å². The van der Waals surface area contributed by atoms with Crippen molar-refractivity contribution in [2.75, 3.05) is 0 Å². The Morgan fingerprint density at radius 1 is 0.645 bits per heavy atom. The summed E-state index contributed by atoms with van der Waals surface area (Å²) in [5.74, 6) is 0.357. The number of allylic oxidation sites excluding steroid dienone is 5. The van der Waals surface area contributed by atoms with Gasteiger partial charge in [0.05, 0.1) is 0 Å². The standard InChI is InChI=1S/C25H29P.4ClH.Zr/c1-19(2)26(20(3)4)25(23-17-9-6-10-18-23)24(22-15-11-12-16-22)21-13-7-5-8-14-21;;;;;/h5-20,22H,1-4H3;4*1H;/q;;;;;+4/p-4. The van der Waals surface area contributed by atoms with Crippen molar-refractivity contribution in [3.63, 3.8) is 0 Å². The quantitative estimate of drug-likeness (QED) is 0.235. The van der Waals surface area contributed by atoms with Crippen LogP contribution in [0, 0.1) is 5.92 Å². The van der Waals surface area contributed by atoms with E-state index in [4.69, 9.17) is 0 Å². The van der Waals surface area contributed by atoms with Gasteiger partial charge in [0.15, 0.2) is 0 Å². The van der Waals surface area contributed by atoms with Crippen LogP contribution in [0.2, 0.25) is 0 Å². The molecule has 0 amide bonds. The maximum Gasteiger partial charge on any atom is 4.00 e. The van der Waals surface area contributed by atoms with Crippen LogP contribution in [0.5, 0.6) is 0 Å². The van der Waals surface area contributed by atoms with E-state index >= 15 is 0 Å². The minimum atomic E-state index is -0.286. The number of hydrogen-bond acceptors (Lipinski definition) is 0. The van der Waals surface area contributed by atoms with E-state index in [0.717, 1.165) is 0 Å². The van der Waals surface area contributed by atoms with E-state index in [1.165, 1.54) is 16.7 Å². The number of halogens is 4. The molecule has 31 heavy (non-hydrogen) atoms. The van der Waals surface area contributed by atoms with Crippen LogP contribution in [0.3, 0.4) is 0 Å². The molecule has 0 heterocycles. The molecule has 0 saturated carbocycles. The predicted octanol–water partition coefficient (Wildman–Crippen LogP) is -4.39. The SMILES string of the molecule is CC(C)P(C(=C(c1ccccc1)C1C=CC=C1)c1ccccc1)C(C)C.[Cl-].[Cl-].[Cl-].[Cl-].[Zr+4]. The first kappa shape index (κ1) is 35.7. The van der Waals surface area contributed by atoms with E-state index in [9.17, 15) is 0 Å². The summed E-state index contributed by atoms with van der Waals surface area (Å²) in [6, 6.07) is 22.0. The topological polar surface area (TPSA) is 0 Å². The second-order valence-electron chi connectivity index (χ2n) is 7.38. The summed E-state index contributed by atoms with van der Waals surface area (Å²) in [5.41, 5.74) is 5.51. The van der Waals surface area contributed by atoms with Gasteiger partial charge in [-0.3, -0.25) is 0 Å². The molecular formula is C25H29Cl4PZr. The summed E-state index contributed by atoms with van der Waals surface area (Å²) in [5, 5.41) is 1.57. The minimum Gasteiger partial charge on any atom is -1.00 e. The monoisotopic (exact) mass is 590 g/mol. The Bertz CT molecular complexity index is 798. The Morgan fingerprint density at radius 3 is 1.42 bits per heavy atom. The molecule has 0 atom stereocenters. The Morgan fingerprint density at radius 2 is 1.03 bits per heavy atom. The number of benzene rings is 2. The summed E-state index contributed by atoms with van der Waals surface area (Å²) in [6.45, 7) is 9.55. The molecule has 3 rings (SSSR count). The Balaban J connectivity index is -0.00000157. The van der Waals surface area contributed by atoms with Crippen molar-refractivity contribution < 1.29 is 75.8 Å². The van der Waals surface area contributed by atoms with Crippen molar-refractivity contribution in [2.45, 2.75) is 39.0 Å². The normalized spacial score (nSPS) is 12.9. The molecule has 0 fully saturated rings. The van der Waals surface area contributed by atoms with E-state index in [1.807, 2.05) is 0 Å². The van der Waals surface area contributed by atoms with Crippen molar-refractivity contribution in [2.24, 2.45) is 5.92 Å². The zero-order valence-corrected chi connectivity index (χ0v) is 24.7. The second-order valence-corrected chi connectivity index (χ2v) is 10.7. The van der Waals surface area contributed by atoms with Gasteiger partial charge >= 0.3 is 26.2 Å². The van der Waals surface area contributed by atoms with Crippen LogP contribution in [0.25, 0.3) is 10.9 Å². The van der Waals surface area contributed by atoms with E-state index in [0.29, 0.717) is 17.2 Å². The van der Waals surface area contributed by atoms with Crippen LogP contribution in [-0.2, 0) is 26.2 Å². The molecule has 0 nitrogen and oxygen atoms in total. The maximum atomic E-state index is 2.39. The van der Waals surface area contributed by atoms with Crippen LogP contribution >= 0.6 is 7.92 Å². The van der Waals surface area contributed by atoms with Gasteiger partial charge < -0.3 is 49.6 Å². The third kappa shape index (κ3) is 9.12. The smallest absolute Gasteiger partial charge is 1.00 e. The average molecular weight is 594 g/mol. The van der Waals surface area contributed by atoms with Crippen molar-refractivity contribution >= 4 is 18.8 Å². The van der Waals surface area contributed by atoms with Crippen LogP contribution in [0.15, 0.2) is 85.0 Å². The summed E-state index contributed by atoms with van der Waals surface area (Å²) >= 11 is 0. The largest absolute Gasteiger partial charge is 4.00 e. The molecule has 0 aromatic heterocycles. The van der Waals surface area contributed by atoms with Gasteiger partial charge in [-0.25, -0.2) is 0 Å². The Labute approximate surface area is 234 Å². The van der Waals surface area contributed by atoms with E-state index in [1.54, 1.807) is 5.31 Å². The fourth-order valence-corrected chi connectivity index (χ4v) is 7.11.